The van der Waals surface area contributed by atoms with Gasteiger partial charge in [0.2, 0.25) is 0 Å². The first kappa shape index (κ1) is 22.0. The Balaban J connectivity index is 1.77. The molecule has 0 bridgehead atoms. The minimum absolute atomic E-state index is 0.562. The van der Waals surface area contributed by atoms with Gasteiger partial charge in [0.15, 0.2) is 0 Å². The van der Waals surface area contributed by atoms with Crippen LogP contribution in [0.5, 0.6) is 0 Å². The molecule has 0 saturated heterocycles. The van der Waals surface area contributed by atoms with E-state index in [1.165, 1.54) is 17.2 Å². The van der Waals surface area contributed by atoms with E-state index in [2.05, 4.69) is 48.3 Å². The fourth-order valence-corrected chi connectivity index (χ4v) is 3.20. The van der Waals surface area contributed by atoms with Gasteiger partial charge in [0.05, 0.1) is 5.69 Å². The molecule has 0 radical (unpaired) electrons. The number of nitrogens with one attached hydrogen (secondary N) is 1. The largest absolute Gasteiger partial charge is 0.359 e. The number of amides is 1. The molecule has 0 aliphatic carbocycles. The molecule has 158 valence electrons. The summed E-state index contributed by atoms with van der Waals surface area (Å²) in [5.74, 6) is 0.448. The average Bonchev–Trinajstić information content (AvgIpc) is 2.82. The highest BCUT2D eigenvalue weighted by atomic mass is 16.5. The number of hydrogen-bond acceptors (Lipinski definition) is 3. The highest BCUT2D eigenvalue weighted by Crippen LogP contribution is 2.18. The number of amidine groups is 1. The van der Waals surface area contributed by atoms with Gasteiger partial charge in [-0.3, -0.25) is 10.0 Å². The lowest BCUT2D eigenvalue weighted by molar-refractivity contribution is -0.124. The number of nitrogens with zero attached hydrogens (tertiary/aromatic N) is 2. The van der Waals surface area contributed by atoms with E-state index in [1.807, 2.05) is 48.5 Å². The number of aliphatic imine (C=N–C) groups is 1. The Morgan fingerprint density at radius 1 is 0.935 bits per heavy atom. The molecule has 0 spiro atoms. The third kappa shape index (κ3) is 7.24. The standard InChI is InChI=1S/C26H27N3O2/c1-29(20-23-10-6-3-7-11-23)25(18-14-21-8-4-2-5-9-21)27-24-16-12-22(13-17-24)15-19-26(30)28-31/h2-13,15-17,19,31H,14,18,20H2,1H3,(H,28,30)/b19-15+,27-25?. The van der Waals surface area contributed by atoms with Crippen LogP contribution in [0.2, 0.25) is 0 Å². The molecule has 0 aromatic heterocycles. The summed E-state index contributed by atoms with van der Waals surface area (Å²) in [6, 6.07) is 28.4. The van der Waals surface area contributed by atoms with Crippen molar-refractivity contribution in [2.45, 2.75) is 19.4 Å². The SMILES string of the molecule is CN(Cc1ccccc1)C(CCc1ccccc1)=Nc1ccc(/C=C/C(=O)NO)cc1. The smallest absolute Gasteiger partial charge is 0.267 e. The van der Waals surface area contributed by atoms with Crippen molar-refractivity contribution in [3.05, 3.63) is 108 Å². The number of carbonyl (C=O) groups is 1. The predicted octanol–water partition coefficient (Wildman–Crippen LogP) is 5.00. The maximum absolute atomic E-state index is 11.1. The zero-order valence-electron chi connectivity index (χ0n) is 17.6. The van der Waals surface area contributed by atoms with Crippen molar-refractivity contribution in [3.63, 3.8) is 0 Å². The molecule has 5 nitrogen and oxygen atoms in total. The van der Waals surface area contributed by atoms with Gasteiger partial charge in [-0.2, -0.15) is 0 Å². The normalized spacial score (nSPS) is 11.5. The second-order valence-corrected chi connectivity index (χ2v) is 7.26. The van der Waals surface area contributed by atoms with Crippen LogP contribution in [0.15, 0.2) is 96.0 Å². The number of hydrogen-bond donors (Lipinski definition) is 2. The first-order valence-electron chi connectivity index (χ1n) is 10.2. The topological polar surface area (TPSA) is 64.9 Å². The van der Waals surface area contributed by atoms with Crippen molar-refractivity contribution >= 4 is 23.5 Å². The van der Waals surface area contributed by atoms with Gasteiger partial charge < -0.3 is 4.90 Å². The molecule has 3 aromatic rings. The first-order valence-corrected chi connectivity index (χ1v) is 10.2. The van der Waals surface area contributed by atoms with E-state index in [4.69, 9.17) is 10.2 Å². The molecule has 3 rings (SSSR count). The van der Waals surface area contributed by atoms with E-state index in [0.29, 0.717) is 0 Å². The molecule has 3 aromatic carbocycles. The van der Waals surface area contributed by atoms with Crippen LogP contribution >= 0.6 is 0 Å². The highest BCUT2D eigenvalue weighted by Gasteiger charge is 2.09. The molecule has 0 heterocycles. The quantitative estimate of drug-likeness (QED) is 0.180. The van der Waals surface area contributed by atoms with Gasteiger partial charge in [-0.25, -0.2) is 10.5 Å². The molecule has 0 aliphatic heterocycles. The van der Waals surface area contributed by atoms with E-state index in [0.717, 1.165) is 36.5 Å². The van der Waals surface area contributed by atoms with Crippen LogP contribution < -0.4 is 5.48 Å². The summed E-state index contributed by atoms with van der Waals surface area (Å²) in [4.78, 5) is 18.2. The Morgan fingerprint density at radius 3 is 2.16 bits per heavy atom. The van der Waals surface area contributed by atoms with Crippen molar-refractivity contribution in [2.75, 3.05) is 7.05 Å². The van der Waals surface area contributed by atoms with E-state index < -0.39 is 5.91 Å². The Morgan fingerprint density at radius 2 is 1.55 bits per heavy atom. The third-order valence-corrected chi connectivity index (χ3v) is 4.87. The van der Waals surface area contributed by atoms with Gasteiger partial charge in [-0.1, -0.05) is 72.8 Å². The zero-order chi connectivity index (χ0) is 21.9. The van der Waals surface area contributed by atoms with E-state index >= 15 is 0 Å². The predicted molar refractivity (Wildman–Crippen MR) is 125 cm³/mol. The summed E-state index contributed by atoms with van der Waals surface area (Å²) in [6.45, 7) is 0.783. The maximum Gasteiger partial charge on any atom is 0.267 e. The molecular formula is C26H27N3O2. The van der Waals surface area contributed by atoms with E-state index in [9.17, 15) is 4.79 Å². The zero-order valence-corrected chi connectivity index (χ0v) is 17.6. The second kappa shape index (κ2) is 11.5. The van der Waals surface area contributed by atoms with Crippen LogP contribution in [0.4, 0.5) is 5.69 Å². The lowest BCUT2D eigenvalue weighted by atomic mass is 10.1. The summed E-state index contributed by atoms with van der Waals surface area (Å²) in [7, 11) is 2.07. The van der Waals surface area contributed by atoms with Gasteiger partial charge in [-0.15, -0.1) is 0 Å². The molecular weight excluding hydrogens is 386 g/mol. The lowest BCUT2D eigenvalue weighted by Crippen LogP contribution is -2.26. The van der Waals surface area contributed by atoms with Crippen LogP contribution in [-0.2, 0) is 17.8 Å². The molecule has 0 atom stereocenters. The molecule has 5 heteroatoms. The minimum Gasteiger partial charge on any atom is -0.359 e. The van der Waals surface area contributed by atoms with Gasteiger partial charge in [0.25, 0.3) is 5.91 Å². The first-order chi connectivity index (χ1) is 15.1. The Kier molecular flexibility index (Phi) is 8.14. The van der Waals surface area contributed by atoms with Crippen molar-refractivity contribution < 1.29 is 10.0 Å². The molecule has 0 saturated carbocycles. The van der Waals surface area contributed by atoms with Gasteiger partial charge >= 0.3 is 0 Å². The van der Waals surface area contributed by atoms with Crippen LogP contribution in [0.25, 0.3) is 6.08 Å². The summed E-state index contributed by atoms with van der Waals surface area (Å²) in [5.41, 5.74) is 5.81. The summed E-state index contributed by atoms with van der Waals surface area (Å²) < 4.78 is 0. The lowest BCUT2D eigenvalue weighted by Gasteiger charge is -2.22. The Hall–Kier alpha value is -3.70. The highest BCUT2D eigenvalue weighted by molar-refractivity contribution is 5.91. The van der Waals surface area contributed by atoms with Crippen molar-refractivity contribution in [3.8, 4) is 0 Å². The van der Waals surface area contributed by atoms with Crippen molar-refractivity contribution in [2.24, 2.45) is 4.99 Å². The fraction of sp³-hybridized carbons (Fsp3) is 0.154. The van der Waals surface area contributed by atoms with Gasteiger partial charge in [-0.05, 0) is 41.3 Å². The monoisotopic (exact) mass is 413 g/mol. The van der Waals surface area contributed by atoms with Crippen LogP contribution in [0.1, 0.15) is 23.1 Å². The molecule has 0 unspecified atom stereocenters. The molecule has 1 amide bonds. The molecule has 2 N–H and O–H groups in total. The third-order valence-electron chi connectivity index (χ3n) is 4.87. The maximum atomic E-state index is 11.1. The molecule has 0 fully saturated rings. The second-order valence-electron chi connectivity index (χ2n) is 7.26. The van der Waals surface area contributed by atoms with Gasteiger partial charge in [0.1, 0.15) is 5.84 Å². The number of carbonyl (C=O) groups excluding carboxylic acids is 1. The number of benzene rings is 3. The molecule has 31 heavy (non-hydrogen) atoms. The summed E-state index contributed by atoms with van der Waals surface area (Å²) in [6.07, 6.45) is 4.65. The number of rotatable bonds is 8. The fourth-order valence-electron chi connectivity index (χ4n) is 3.20. The Bertz CT molecular complexity index is 1010. The van der Waals surface area contributed by atoms with E-state index in [1.54, 1.807) is 11.6 Å². The van der Waals surface area contributed by atoms with Crippen molar-refractivity contribution in [1.82, 2.24) is 10.4 Å². The summed E-state index contributed by atoms with van der Waals surface area (Å²) in [5, 5.41) is 8.57. The van der Waals surface area contributed by atoms with Gasteiger partial charge in [0, 0.05) is 26.1 Å². The molecule has 0 aliphatic rings. The van der Waals surface area contributed by atoms with Crippen molar-refractivity contribution in [1.29, 1.82) is 0 Å². The number of hydroxylamine groups is 1. The number of aryl methyl sites for hydroxylation is 1. The van der Waals surface area contributed by atoms with Crippen LogP contribution in [0.3, 0.4) is 0 Å². The summed E-state index contributed by atoms with van der Waals surface area (Å²) >= 11 is 0. The van der Waals surface area contributed by atoms with E-state index in [-0.39, 0.29) is 0 Å². The average molecular weight is 414 g/mol. The van der Waals surface area contributed by atoms with Crippen LogP contribution in [0, 0.1) is 0 Å². The Labute approximate surface area is 183 Å². The van der Waals surface area contributed by atoms with Crippen LogP contribution in [-0.4, -0.2) is 28.9 Å². The minimum atomic E-state index is -0.562.